The van der Waals surface area contributed by atoms with Crippen LogP contribution < -0.4 is 4.72 Å². The second-order valence-corrected chi connectivity index (χ2v) is 7.66. The molecule has 2 N–H and O–H groups in total. The molecule has 0 aliphatic rings. The van der Waals surface area contributed by atoms with Gasteiger partial charge in [0, 0.05) is 17.1 Å². The first-order valence-corrected chi connectivity index (χ1v) is 8.52. The molecule has 0 radical (unpaired) electrons. The third kappa shape index (κ3) is 5.34. The number of nitro groups is 1. The number of benzene rings is 1. The molecule has 0 aliphatic heterocycles. The van der Waals surface area contributed by atoms with Gasteiger partial charge < -0.3 is 5.11 Å². The van der Waals surface area contributed by atoms with Gasteiger partial charge in [-0.05, 0) is 24.5 Å². The molecule has 0 aromatic heterocycles. The van der Waals surface area contributed by atoms with Gasteiger partial charge in [-0.2, -0.15) is 0 Å². The van der Waals surface area contributed by atoms with E-state index in [2.05, 4.69) is 20.7 Å². The molecular weight excluding hydrogens is 364 g/mol. The van der Waals surface area contributed by atoms with Crippen molar-refractivity contribution in [3.8, 4) is 0 Å². The Kier molecular flexibility index (Phi) is 6.26. The fourth-order valence-corrected chi connectivity index (χ4v) is 3.55. The Morgan fingerprint density at radius 1 is 1.43 bits per heavy atom. The van der Waals surface area contributed by atoms with Crippen molar-refractivity contribution in [2.45, 2.75) is 31.3 Å². The number of aliphatic hydroxyl groups is 1. The summed E-state index contributed by atoms with van der Waals surface area (Å²) in [7, 11) is -4.07. The van der Waals surface area contributed by atoms with Crippen LogP contribution in [0.1, 0.15) is 20.3 Å². The quantitative estimate of drug-likeness (QED) is 0.555. The van der Waals surface area contributed by atoms with Crippen molar-refractivity contribution in [2.24, 2.45) is 5.92 Å². The van der Waals surface area contributed by atoms with E-state index in [0.29, 0.717) is 10.9 Å². The monoisotopic (exact) mass is 380 g/mol. The van der Waals surface area contributed by atoms with E-state index in [1.54, 1.807) is 0 Å². The number of halogens is 1. The van der Waals surface area contributed by atoms with Gasteiger partial charge in [-0.3, -0.25) is 10.1 Å². The van der Waals surface area contributed by atoms with Crippen LogP contribution in [0.25, 0.3) is 0 Å². The van der Waals surface area contributed by atoms with Crippen LogP contribution in [0.2, 0.25) is 0 Å². The minimum Gasteiger partial charge on any atom is -0.392 e. The van der Waals surface area contributed by atoms with Crippen molar-refractivity contribution in [1.82, 2.24) is 4.72 Å². The highest BCUT2D eigenvalue weighted by atomic mass is 79.9. The van der Waals surface area contributed by atoms with E-state index in [0.717, 1.165) is 12.1 Å². The van der Waals surface area contributed by atoms with Crippen molar-refractivity contribution < 1.29 is 18.4 Å². The Hall–Kier alpha value is -1.03. The molecule has 1 aromatic carbocycles. The molecule has 0 fully saturated rings. The van der Waals surface area contributed by atoms with Gasteiger partial charge in [-0.15, -0.1) is 0 Å². The number of nitro benzene ring substituents is 1. The molecule has 1 atom stereocenters. The van der Waals surface area contributed by atoms with E-state index in [1.165, 1.54) is 6.07 Å². The lowest BCUT2D eigenvalue weighted by Gasteiger charge is -2.14. The van der Waals surface area contributed by atoms with Crippen LogP contribution in [0.15, 0.2) is 27.6 Å². The summed E-state index contributed by atoms with van der Waals surface area (Å²) >= 11 is 3.09. The summed E-state index contributed by atoms with van der Waals surface area (Å²) in [6.45, 7) is 3.61. The lowest BCUT2D eigenvalue weighted by atomic mass is 10.1. The number of rotatable bonds is 7. The van der Waals surface area contributed by atoms with E-state index in [-0.39, 0.29) is 12.5 Å². The molecule has 7 nitrogen and oxygen atoms in total. The summed E-state index contributed by atoms with van der Waals surface area (Å²) in [5.74, 6) is 0.213. The number of nitrogens with one attached hydrogen (secondary N) is 1. The zero-order valence-electron chi connectivity index (χ0n) is 11.6. The van der Waals surface area contributed by atoms with Crippen LogP contribution in [0.3, 0.4) is 0 Å². The first-order chi connectivity index (χ1) is 9.63. The molecule has 21 heavy (non-hydrogen) atoms. The minimum atomic E-state index is -4.07. The molecule has 0 saturated heterocycles. The first kappa shape index (κ1) is 18.0. The lowest BCUT2D eigenvalue weighted by molar-refractivity contribution is -0.387. The average Bonchev–Trinajstić information content (AvgIpc) is 2.35. The van der Waals surface area contributed by atoms with Gasteiger partial charge in [0.25, 0.3) is 5.69 Å². The Balaban J connectivity index is 2.98. The molecule has 0 bridgehead atoms. The summed E-state index contributed by atoms with van der Waals surface area (Å²) in [6.07, 6.45) is -0.408. The summed E-state index contributed by atoms with van der Waals surface area (Å²) in [5.41, 5.74) is -0.510. The molecule has 0 heterocycles. The Labute approximate surface area is 131 Å². The number of hydrogen-bond donors (Lipinski definition) is 2. The zero-order valence-corrected chi connectivity index (χ0v) is 14.0. The van der Waals surface area contributed by atoms with Gasteiger partial charge in [0.15, 0.2) is 4.90 Å². The van der Waals surface area contributed by atoms with E-state index in [4.69, 9.17) is 0 Å². The normalized spacial score (nSPS) is 13.4. The Bertz CT molecular complexity index is 618. The highest BCUT2D eigenvalue weighted by Gasteiger charge is 2.26. The zero-order chi connectivity index (χ0) is 16.2. The fraction of sp³-hybridized carbons (Fsp3) is 0.500. The maximum atomic E-state index is 12.2. The highest BCUT2D eigenvalue weighted by molar-refractivity contribution is 9.10. The highest BCUT2D eigenvalue weighted by Crippen LogP contribution is 2.27. The second-order valence-electron chi connectivity index (χ2n) is 5.00. The lowest BCUT2D eigenvalue weighted by Crippen LogP contribution is -2.33. The summed E-state index contributed by atoms with van der Waals surface area (Å²) in [5, 5.41) is 20.6. The van der Waals surface area contributed by atoms with Crippen molar-refractivity contribution in [3.05, 3.63) is 32.8 Å². The van der Waals surface area contributed by atoms with E-state index in [1.807, 2.05) is 13.8 Å². The number of nitrogens with zero attached hydrogens (tertiary/aromatic N) is 1. The SMILES string of the molecule is CC(C)CC(O)CNS(=O)(=O)c1cc(Br)ccc1[N+](=O)[O-]. The predicted molar refractivity (Wildman–Crippen MR) is 81.4 cm³/mol. The summed E-state index contributed by atoms with van der Waals surface area (Å²) in [4.78, 5) is 9.72. The van der Waals surface area contributed by atoms with Gasteiger partial charge >= 0.3 is 0 Å². The van der Waals surface area contributed by atoms with Crippen molar-refractivity contribution >= 4 is 31.6 Å². The fourth-order valence-electron chi connectivity index (χ4n) is 1.77. The van der Waals surface area contributed by atoms with Crippen LogP contribution in [-0.4, -0.2) is 31.1 Å². The molecule has 118 valence electrons. The molecule has 0 amide bonds. The van der Waals surface area contributed by atoms with E-state index in [9.17, 15) is 23.6 Å². The van der Waals surface area contributed by atoms with Crippen LogP contribution in [0.5, 0.6) is 0 Å². The van der Waals surface area contributed by atoms with Crippen molar-refractivity contribution in [2.75, 3.05) is 6.54 Å². The molecule has 1 rings (SSSR count). The second kappa shape index (κ2) is 7.30. The number of hydrogen-bond acceptors (Lipinski definition) is 5. The van der Waals surface area contributed by atoms with Crippen LogP contribution in [0.4, 0.5) is 5.69 Å². The molecule has 1 aromatic rings. The molecule has 1 unspecified atom stereocenters. The third-order valence-electron chi connectivity index (χ3n) is 2.66. The maximum absolute atomic E-state index is 12.2. The van der Waals surface area contributed by atoms with Crippen LogP contribution in [-0.2, 0) is 10.0 Å². The van der Waals surface area contributed by atoms with Gasteiger partial charge in [0.1, 0.15) is 0 Å². The Morgan fingerprint density at radius 2 is 2.05 bits per heavy atom. The Morgan fingerprint density at radius 3 is 2.57 bits per heavy atom. The van der Waals surface area contributed by atoms with Crippen molar-refractivity contribution in [1.29, 1.82) is 0 Å². The van der Waals surface area contributed by atoms with E-state index >= 15 is 0 Å². The van der Waals surface area contributed by atoms with E-state index < -0.39 is 31.6 Å². The van der Waals surface area contributed by atoms with Gasteiger partial charge in [-0.1, -0.05) is 29.8 Å². The molecule has 0 aliphatic carbocycles. The topological polar surface area (TPSA) is 110 Å². The van der Waals surface area contributed by atoms with Crippen LogP contribution in [0, 0.1) is 16.0 Å². The van der Waals surface area contributed by atoms with Crippen LogP contribution >= 0.6 is 15.9 Å². The van der Waals surface area contributed by atoms with Gasteiger partial charge in [0.05, 0.1) is 11.0 Å². The predicted octanol–water partition coefficient (Wildman–Crippen LogP) is 2.04. The standard InChI is InChI=1S/C12H17BrN2O5S/c1-8(2)5-10(16)7-14-21(19,20)12-6-9(13)3-4-11(12)15(17)18/h3-4,6,8,10,14,16H,5,7H2,1-2H3. The molecule has 9 heteroatoms. The summed E-state index contributed by atoms with van der Waals surface area (Å²) < 4.78 is 26.9. The smallest absolute Gasteiger partial charge is 0.289 e. The van der Waals surface area contributed by atoms with Crippen molar-refractivity contribution in [3.63, 3.8) is 0 Å². The number of sulfonamides is 1. The third-order valence-corrected chi connectivity index (χ3v) is 4.61. The number of aliphatic hydroxyl groups excluding tert-OH is 1. The minimum absolute atomic E-state index is 0.190. The average molecular weight is 381 g/mol. The summed E-state index contributed by atoms with van der Waals surface area (Å²) in [6, 6.07) is 3.67. The van der Waals surface area contributed by atoms with Gasteiger partial charge in [0.2, 0.25) is 10.0 Å². The molecular formula is C12H17BrN2O5S. The largest absolute Gasteiger partial charge is 0.392 e. The van der Waals surface area contributed by atoms with Gasteiger partial charge in [-0.25, -0.2) is 13.1 Å². The first-order valence-electron chi connectivity index (χ1n) is 6.25. The molecule has 0 spiro atoms. The maximum Gasteiger partial charge on any atom is 0.289 e. The molecule has 0 saturated carbocycles.